The van der Waals surface area contributed by atoms with Crippen LogP contribution in [0.25, 0.3) is 0 Å². The van der Waals surface area contributed by atoms with E-state index >= 15 is 0 Å². The first kappa shape index (κ1) is 18.5. The smallest absolute Gasteiger partial charge is 0.151 e. The predicted molar refractivity (Wildman–Crippen MR) is 100 cm³/mol. The molecule has 1 aromatic carbocycles. The van der Waals surface area contributed by atoms with Gasteiger partial charge in [0, 0.05) is 0 Å². The molecule has 0 atom stereocenters. The van der Waals surface area contributed by atoms with E-state index in [9.17, 15) is 9.59 Å². The lowest BCUT2D eigenvalue weighted by molar-refractivity contribution is -0.113. The molecule has 0 heterocycles. The average Bonchev–Trinajstić information content (AvgIpc) is 2.43. The predicted octanol–water partition coefficient (Wildman–Crippen LogP) is 2.89. The number of hydrogen-bond donors (Lipinski definition) is 0. The zero-order valence-electron chi connectivity index (χ0n) is 14.4. The summed E-state index contributed by atoms with van der Waals surface area (Å²) in [5.41, 5.74) is 4.17. The number of hydrogen-bond acceptors (Lipinski definition) is 2. The van der Waals surface area contributed by atoms with Crippen LogP contribution in [0.15, 0.2) is 47.8 Å². The van der Waals surface area contributed by atoms with Gasteiger partial charge in [0.05, 0.1) is 0 Å². The van der Waals surface area contributed by atoms with Crippen molar-refractivity contribution in [2.75, 3.05) is 0 Å². The molecule has 0 aromatic heterocycles. The van der Waals surface area contributed by atoms with Crippen molar-refractivity contribution in [1.82, 2.24) is 0 Å². The van der Waals surface area contributed by atoms with Crippen molar-refractivity contribution in [3.63, 3.8) is 0 Å². The molecule has 0 fully saturated rings. The molecule has 0 N–H and O–H groups in total. The molecule has 0 aliphatic heterocycles. The first-order valence-electron chi connectivity index (χ1n) is 7.55. The van der Waals surface area contributed by atoms with E-state index in [0.717, 1.165) is 0 Å². The SMILES string of the molecule is CC(=O)C=C[Si](C)(C)c1ccc([Si](C)(C)C=CC(C)=O)cc1. The van der Waals surface area contributed by atoms with Gasteiger partial charge in [-0.3, -0.25) is 9.59 Å². The molecule has 0 aliphatic carbocycles. The Morgan fingerprint density at radius 1 is 0.727 bits per heavy atom. The lowest BCUT2D eigenvalue weighted by Gasteiger charge is -2.22. The second-order valence-electron chi connectivity index (χ2n) is 6.91. The summed E-state index contributed by atoms with van der Waals surface area (Å²) in [6, 6.07) is 8.73. The molecule has 118 valence electrons. The summed E-state index contributed by atoms with van der Waals surface area (Å²) in [6.45, 7) is 12.1. The van der Waals surface area contributed by atoms with Crippen LogP contribution >= 0.6 is 0 Å². The molecule has 0 unspecified atom stereocenters. The zero-order chi connectivity index (χ0) is 17.0. The standard InChI is InChI=1S/C18H26O2Si2/c1-15(19)11-13-21(3,4)17-7-9-18(10-8-17)22(5,6)14-12-16(2)20/h7-14H,1-6H3. The Bertz CT molecular complexity index is 553. The summed E-state index contributed by atoms with van der Waals surface area (Å²) in [7, 11) is -3.44. The number of rotatable bonds is 6. The van der Waals surface area contributed by atoms with E-state index in [1.807, 2.05) is 0 Å². The van der Waals surface area contributed by atoms with Gasteiger partial charge in [-0.2, -0.15) is 0 Å². The first-order valence-corrected chi connectivity index (χ1v) is 13.7. The van der Waals surface area contributed by atoms with Crippen LogP contribution in [0.3, 0.4) is 0 Å². The maximum Gasteiger partial charge on any atom is 0.151 e. The number of carbonyl (C=O) groups excluding carboxylic acids is 2. The zero-order valence-corrected chi connectivity index (χ0v) is 16.4. The Balaban J connectivity index is 3.04. The van der Waals surface area contributed by atoms with Gasteiger partial charge < -0.3 is 0 Å². The van der Waals surface area contributed by atoms with Crippen LogP contribution in [-0.2, 0) is 9.59 Å². The maximum atomic E-state index is 11.1. The lowest BCUT2D eigenvalue weighted by atomic mass is 10.4. The van der Waals surface area contributed by atoms with Gasteiger partial charge in [0.2, 0.25) is 0 Å². The number of carbonyl (C=O) groups is 2. The molecular weight excluding hydrogens is 304 g/mol. The van der Waals surface area contributed by atoms with Gasteiger partial charge in [-0.15, -0.1) is 0 Å². The highest BCUT2D eigenvalue weighted by Gasteiger charge is 2.23. The molecular formula is C18H26O2Si2. The Kier molecular flexibility index (Phi) is 6.03. The molecule has 0 bridgehead atoms. The third-order valence-corrected chi connectivity index (χ3v) is 9.49. The van der Waals surface area contributed by atoms with Crippen molar-refractivity contribution < 1.29 is 9.59 Å². The van der Waals surface area contributed by atoms with E-state index in [-0.39, 0.29) is 11.6 Å². The quantitative estimate of drug-likeness (QED) is 0.594. The van der Waals surface area contributed by atoms with E-state index in [2.05, 4.69) is 61.9 Å². The number of ketones is 2. The van der Waals surface area contributed by atoms with Crippen LogP contribution in [0.5, 0.6) is 0 Å². The van der Waals surface area contributed by atoms with Gasteiger partial charge in [-0.1, -0.05) is 72.2 Å². The Hall–Kier alpha value is -1.53. The second-order valence-corrected chi connectivity index (χ2v) is 15.6. The molecule has 0 amide bonds. The largest absolute Gasteiger partial charge is 0.295 e. The van der Waals surface area contributed by atoms with Gasteiger partial charge in [0.15, 0.2) is 11.6 Å². The molecule has 0 aliphatic rings. The Morgan fingerprint density at radius 2 is 1.00 bits per heavy atom. The van der Waals surface area contributed by atoms with Crippen LogP contribution in [-0.4, -0.2) is 27.7 Å². The second kappa shape index (κ2) is 7.16. The van der Waals surface area contributed by atoms with Crippen LogP contribution in [0.2, 0.25) is 26.2 Å². The minimum atomic E-state index is -1.72. The van der Waals surface area contributed by atoms with Crippen LogP contribution in [0.1, 0.15) is 13.8 Å². The van der Waals surface area contributed by atoms with Crippen LogP contribution in [0.4, 0.5) is 0 Å². The topological polar surface area (TPSA) is 34.1 Å². The van der Waals surface area contributed by atoms with Crippen molar-refractivity contribution in [2.45, 2.75) is 40.0 Å². The first-order chi connectivity index (χ1) is 10.0. The number of allylic oxidation sites excluding steroid dienone is 2. The van der Waals surface area contributed by atoms with Gasteiger partial charge >= 0.3 is 0 Å². The fraction of sp³-hybridized carbons (Fsp3) is 0.333. The molecule has 1 aromatic rings. The van der Waals surface area contributed by atoms with E-state index in [1.54, 1.807) is 26.0 Å². The third kappa shape index (κ3) is 5.35. The molecule has 4 heteroatoms. The summed E-state index contributed by atoms with van der Waals surface area (Å²) in [5, 5.41) is 2.63. The van der Waals surface area contributed by atoms with Crippen molar-refractivity contribution in [3.05, 3.63) is 47.8 Å². The molecule has 0 spiro atoms. The van der Waals surface area contributed by atoms with Crippen LogP contribution in [0, 0.1) is 0 Å². The molecule has 0 saturated heterocycles. The van der Waals surface area contributed by atoms with Gasteiger partial charge in [-0.05, 0) is 26.0 Å². The fourth-order valence-corrected chi connectivity index (χ4v) is 5.91. The minimum absolute atomic E-state index is 0.0973. The van der Waals surface area contributed by atoms with Crippen molar-refractivity contribution >= 4 is 38.1 Å². The lowest BCUT2D eigenvalue weighted by Crippen LogP contribution is -2.44. The fourth-order valence-electron chi connectivity index (χ4n) is 2.17. The summed E-state index contributed by atoms with van der Waals surface area (Å²) >= 11 is 0. The highest BCUT2D eigenvalue weighted by Crippen LogP contribution is 2.08. The monoisotopic (exact) mass is 330 g/mol. The van der Waals surface area contributed by atoms with Crippen molar-refractivity contribution in [3.8, 4) is 0 Å². The summed E-state index contributed by atoms with van der Waals surface area (Å²) < 4.78 is 0. The van der Waals surface area contributed by atoms with E-state index in [1.165, 1.54) is 10.4 Å². The summed E-state index contributed by atoms with van der Waals surface area (Å²) in [5.74, 6) is 0.195. The van der Waals surface area contributed by atoms with E-state index in [0.29, 0.717) is 0 Å². The normalized spacial score (nSPS) is 13.0. The molecule has 0 radical (unpaired) electrons. The molecule has 22 heavy (non-hydrogen) atoms. The number of benzene rings is 1. The minimum Gasteiger partial charge on any atom is -0.295 e. The maximum absolute atomic E-state index is 11.1. The highest BCUT2D eigenvalue weighted by molar-refractivity contribution is 6.95. The molecule has 1 rings (SSSR count). The Morgan fingerprint density at radius 3 is 1.23 bits per heavy atom. The van der Waals surface area contributed by atoms with E-state index in [4.69, 9.17) is 0 Å². The van der Waals surface area contributed by atoms with Gasteiger partial charge in [-0.25, -0.2) is 0 Å². The summed E-state index contributed by atoms with van der Waals surface area (Å²) in [6.07, 6.45) is 3.38. The van der Waals surface area contributed by atoms with Gasteiger partial charge in [0.25, 0.3) is 0 Å². The highest BCUT2D eigenvalue weighted by atomic mass is 28.3. The summed E-state index contributed by atoms with van der Waals surface area (Å²) in [4.78, 5) is 22.3. The molecule has 0 saturated carbocycles. The average molecular weight is 331 g/mol. The molecule has 2 nitrogen and oxygen atoms in total. The third-order valence-electron chi connectivity index (χ3n) is 3.84. The van der Waals surface area contributed by atoms with Crippen molar-refractivity contribution in [1.29, 1.82) is 0 Å². The Labute approximate surface area is 136 Å². The van der Waals surface area contributed by atoms with Crippen molar-refractivity contribution in [2.24, 2.45) is 0 Å². The van der Waals surface area contributed by atoms with Crippen LogP contribution < -0.4 is 10.4 Å². The van der Waals surface area contributed by atoms with Gasteiger partial charge in [0.1, 0.15) is 16.1 Å². The van der Waals surface area contributed by atoms with E-state index < -0.39 is 16.1 Å².